The van der Waals surface area contributed by atoms with E-state index in [1.165, 1.54) is 12.1 Å². The molecule has 0 spiro atoms. The van der Waals surface area contributed by atoms with Crippen molar-refractivity contribution in [2.45, 2.75) is 27.0 Å². The van der Waals surface area contributed by atoms with Gasteiger partial charge in [0.15, 0.2) is 0 Å². The maximum atomic E-state index is 13.1. The molecule has 0 aliphatic rings. The maximum Gasteiger partial charge on any atom is 0.147 e. The second-order valence-electron chi connectivity index (χ2n) is 6.58. The quantitative estimate of drug-likeness (QED) is 0.512. The lowest BCUT2D eigenvalue weighted by Crippen LogP contribution is -2.04. The normalized spacial score (nSPS) is 11.1. The molecule has 0 aliphatic heterocycles. The average molecular weight is 361 g/mol. The summed E-state index contributed by atoms with van der Waals surface area (Å²) in [5.74, 6) is 0.520. The van der Waals surface area contributed by atoms with Gasteiger partial charge in [0.05, 0.1) is 5.52 Å². The molecule has 27 heavy (non-hydrogen) atoms. The minimum absolute atomic E-state index is 0.248. The fourth-order valence-corrected chi connectivity index (χ4v) is 3.24. The second-order valence-corrected chi connectivity index (χ2v) is 6.58. The highest BCUT2D eigenvalue weighted by molar-refractivity contribution is 5.86. The molecule has 0 unspecified atom stereocenters. The van der Waals surface area contributed by atoms with E-state index in [1.54, 1.807) is 24.5 Å². The standard InChI is InChI=1S/C22H20FN3O/c1-15-16(2)26(13-18-4-3-10-24-12-18)22-20(9-11-25-21(15)22)27-14-17-5-7-19(23)8-6-17/h3-12H,13-14H2,1-2H3. The molecular weight excluding hydrogens is 341 g/mol. The zero-order valence-electron chi connectivity index (χ0n) is 15.3. The van der Waals surface area contributed by atoms with Gasteiger partial charge in [0, 0.05) is 36.9 Å². The summed E-state index contributed by atoms with van der Waals surface area (Å²) >= 11 is 0. The lowest BCUT2D eigenvalue weighted by molar-refractivity contribution is 0.308. The maximum absolute atomic E-state index is 13.1. The summed E-state index contributed by atoms with van der Waals surface area (Å²) in [5.41, 5.74) is 6.23. The van der Waals surface area contributed by atoms with Crippen LogP contribution in [0.2, 0.25) is 0 Å². The first-order valence-electron chi connectivity index (χ1n) is 8.84. The predicted molar refractivity (Wildman–Crippen MR) is 103 cm³/mol. The molecule has 136 valence electrons. The largest absolute Gasteiger partial charge is 0.487 e. The van der Waals surface area contributed by atoms with Crippen LogP contribution in [-0.4, -0.2) is 14.5 Å². The number of hydrogen-bond donors (Lipinski definition) is 0. The van der Waals surface area contributed by atoms with Crippen LogP contribution in [0.3, 0.4) is 0 Å². The monoisotopic (exact) mass is 361 g/mol. The van der Waals surface area contributed by atoms with Crippen LogP contribution in [-0.2, 0) is 13.2 Å². The van der Waals surface area contributed by atoms with Crippen LogP contribution in [0.5, 0.6) is 5.75 Å². The summed E-state index contributed by atoms with van der Waals surface area (Å²) in [6, 6.07) is 12.2. The van der Waals surface area contributed by atoms with Crippen LogP contribution in [0.1, 0.15) is 22.4 Å². The average Bonchev–Trinajstić information content (AvgIpc) is 2.94. The van der Waals surface area contributed by atoms with Crippen molar-refractivity contribution in [1.29, 1.82) is 0 Å². The molecule has 0 aliphatic carbocycles. The van der Waals surface area contributed by atoms with Gasteiger partial charge in [0.1, 0.15) is 23.7 Å². The number of hydrogen-bond acceptors (Lipinski definition) is 3. The van der Waals surface area contributed by atoms with Crippen molar-refractivity contribution in [2.24, 2.45) is 0 Å². The minimum Gasteiger partial charge on any atom is -0.487 e. The van der Waals surface area contributed by atoms with E-state index < -0.39 is 0 Å². The fourth-order valence-electron chi connectivity index (χ4n) is 3.24. The third-order valence-corrected chi connectivity index (χ3v) is 4.83. The third kappa shape index (κ3) is 3.40. The van der Waals surface area contributed by atoms with Gasteiger partial charge in [-0.1, -0.05) is 18.2 Å². The first kappa shape index (κ1) is 17.2. The summed E-state index contributed by atoms with van der Waals surface area (Å²) < 4.78 is 21.4. The lowest BCUT2D eigenvalue weighted by atomic mass is 10.2. The molecular formula is C22H20FN3O. The molecule has 0 amide bonds. The van der Waals surface area contributed by atoms with Gasteiger partial charge in [-0.15, -0.1) is 0 Å². The van der Waals surface area contributed by atoms with Gasteiger partial charge in [-0.3, -0.25) is 9.97 Å². The number of nitrogens with zero attached hydrogens (tertiary/aromatic N) is 3. The predicted octanol–water partition coefficient (Wildman–Crippen LogP) is 4.81. The number of aryl methyl sites for hydroxylation is 1. The Morgan fingerprint density at radius 3 is 2.56 bits per heavy atom. The highest BCUT2D eigenvalue weighted by Gasteiger charge is 2.16. The number of aromatic nitrogens is 3. The Bertz CT molecular complexity index is 1070. The van der Waals surface area contributed by atoms with Crippen molar-refractivity contribution in [1.82, 2.24) is 14.5 Å². The highest BCUT2D eigenvalue weighted by atomic mass is 19.1. The van der Waals surface area contributed by atoms with E-state index >= 15 is 0 Å². The Morgan fingerprint density at radius 2 is 1.81 bits per heavy atom. The molecule has 0 N–H and O–H groups in total. The molecule has 4 rings (SSSR count). The fraction of sp³-hybridized carbons (Fsp3) is 0.182. The molecule has 4 aromatic rings. The van der Waals surface area contributed by atoms with Crippen LogP contribution in [0, 0.1) is 19.7 Å². The molecule has 0 bridgehead atoms. The van der Waals surface area contributed by atoms with Gasteiger partial charge in [-0.05, 0) is 48.7 Å². The highest BCUT2D eigenvalue weighted by Crippen LogP contribution is 2.32. The van der Waals surface area contributed by atoms with Gasteiger partial charge in [0.2, 0.25) is 0 Å². The first-order valence-corrected chi connectivity index (χ1v) is 8.84. The van der Waals surface area contributed by atoms with E-state index in [0.717, 1.165) is 39.2 Å². The molecule has 0 saturated carbocycles. The van der Waals surface area contributed by atoms with E-state index in [-0.39, 0.29) is 5.82 Å². The number of fused-ring (bicyclic) bond motifs is 1. The number of benzene rings is 1. The minimum atomic E-state index is -0.248. The SMILES string of the molecule is Cc1c(C)n(Cc2cccnc2)c2c(OCc3ccc(F)cc3)ccnc12. The van der Waals surface area contributed by atoms with Crippen molar-refractivity contribution >= 4 is 11.0 Å². The zero-order chi connectivity index (χ0) is 18.8. The third-order valence-electron chi connectivity index (χ3n) is 4.83. The summed E-state index contributed by atoms with van der Waals surface area (Å²) in [6.45, 7) is 5.24. The van der Waals surface area contributed by atoms with Crippen molar-refractivity contribution in [3.63, 3.8) is 0 Å². The van der Waals surface area contributed by atoms with Gasteiger partial charge < -0.3 is 9.30 Å². The van der Waals surface area contributed by atoms with Crippen molar-refractivity contribution in [2.75, 3.05) is 0 Å². The Balaban J connectivity index is 1.72. The summed E-state index contributed by atoms with van der Waals surface area (Å²) in [5, 5.41) is 0. The van der Waals surface area contributed by atoms with Gasteiger partial charge in [0.25, 0.3) is 0 Å². The molecule has 0 radical (unpaired) electrons. The first-order chi connectivity index (χ1) is 13.1. The molecule has 3 aromatic heterocycles. The Labute approximate surface area is 157 Å². The van der Waals surface area contributed by atoms with Crippen LogP contribution < -0.4 is 4.74 Å². The van der Waals surface area contributed by atoms with Crippen LogP contribution in [0.25, 0.3) is 11.0 Å². The molecule has 0 atom stereocenters. The van der Waals surface area contributed by atoms with Gasteiger partial charge in [-0.25, -0.2) is 4.39 Å². The van der Waals surface area contributed by atoms with E-state index in [9.17, 15) is 4.39 Å². The van der Waals surface area contributed by atoms with Crippen LogP contribution >= 0.6 is 0 Å². The Kier molecular flexibility index (Phi) is 4.59. The van der Waals surface area contributed by atoms with E-state index in [2.05, 4.69) is 34.4 Å². The topological polar surface area (TPSA) is 39.9 Å². The van der Waals surface area contributed by atoms with E-state index in [0.29, 0.717) is 13.2 Å². The molecule has 1 aromatic carbocycles. The van der Waals surface area contributed by atoms with Crippen LogP contribution in [0.4, 0.5) is 4.39 Å². The number of ether oxygens (including phenoxy) is 1. The summed E-state index contributed by atoms with van der Waals surface area (Å²) in [4.78, 5) is 8.78. The van der Waals surface area contributed by atoms with Gasteiger partial charge in [-0.2, -0.15) is 0 Å². The smallest absolute Gasteiger partial charge is 0.147 e. The van der Waals surface area contributed by atoms with Crippen molar-refractivity contribution in [3.05, 3.63) is 89.3 Å². The number of pyridine rings is 2. The molecule has 3 heterocycles. The van der Waals surface area contributed by atoms with Crippen molar-refractivity contribution < 1.29 is 9.13 Å². The summed E-state index contributed by atoms with van der Waals surface area (Å²) in [6.07, 6.45) is 5.41. The number of halogens is 1. The van der Waals surface area contributed by atoms with E-state index in [4.69, 9.17) is 4.74 Å². The lowest BCUT2D eigenvalue weighted by Gasteiger charge is -2.12. The van der Waals surface area contributed by atoms with Crippen molar-refractivity contribution in [3.8, 4) is 5.75 Å². The summed E-state index contributed by atoms with van der Waals surface area (Å²) in [7, 11) is 0. The molecule has 0 saturated heterocycles. The Hall–Kier alpha value is -3.21. The van der Waals surface area contributed by atoms with Gasteiger partial charge >= 0.3 is 0 Å². The molecule has 5 heteroatoms. The van der Waals surface area contributed by atoms with E-state index in [1.807, 2.05) is 18.3 Å². The second kappa shape index (κ2) is 7.19. The number of rotatable bonds is 5. The molecule has 0 fully saturated rings. The zero-order valence-corrected chi connectivity index (χ0v) is 15.3. The Morgan fingerprint density at radius 1 is 1.00 bits per heavy atom. The van der Waals surface area contributed by atoms with Crippen LogP contribution in [0.15, 0.2) is 61.1 Å². The molecule has 4 nitrogen and oxygen atoms in total.